The van der Waals surface area contributed by atoms with E-state index < -0.39 is 6.17 Å². The van der Waals surface area contributed by atoms with Crippen LogP contribution in [0.1, 0.15) is 13.3 Å². The highest BCUT2D eigenvalue weighted by Crippen LogP contribution is 2.19. The van der Waals surface area contributed by atoms with E-state index in [1.54, 1.807) is 12.1 Å². The minimum Gasteiger partial charge on any atom is -0.491 e. The molecule has 0 aliphatic heterocycles. The topological polar surface area (TPSA) is 35.2 Å². The van der Waals surface area contributed by atoms with Crippen LogP contribution in [-0.2, 0) is 0 Å². The van der Waals surface area contributed by atoms with E-state index >= 15 is 0 Å². The lowest BCUT2D eigenvalue weighted by Gasteiger charge is -2.08. The average Bonchev–Trinajstić information content (AvgIpc) is 2.08. The van der Waals surface area contributed by atoms with Gasteiger partial charge in [0.1, 0.15) is 11.9 Å². The van der Waals surface area contributed by atoms with E-state index in [4.69, 9.17) is 10.5 Å². The molecule has 0 aliphatic carbocycles. The van der Waals surface area contributed by atoms with Gasteiger partial charge in [0, 0.05) is 6.42 Å². The summed E-state index contributed by atoms with van der Waals surface area (Å²) in [6, 6.07) is 7.21. The van der Waals surface area contributed by atoms with Crippen LogP contribution in [0.25, 0.3) is 0 Å². The second-order valence-electron chi connectivity index (χ2n) is 2.96. The first-order chi connectivity index (χ1) is 6.20. The zero-order chi connectivity index (χ0) is 9.68. The van der Waals surface area contributed by atoms with Gasteiger partial charge in [-0.25, -0.2) is 4.39 Å². The quantitative estimate of drug-likeness (QED) is 0.727. The van der Waals surface area contributed by atoms with E-state index in [1.165, 1.54) is 6.92 Å². The van der Waals surface area contributed by atoms with E-state index in [1.807, 2.05) is 12.1 Å². The number of anilines is 1. The van der Waals surface area contributed by atoms with E-state index in [0.29, 0.717) is 24.5 Å². The van der Waals surface area contributed by atoms with Gasteiger partial charge in [0.2, 0.25) is 0 Å². The van der Waals surface area contributed by atoms with Crippen molar-refractivity contribution in [2.24, 2.45) is 0 Å². The lowest BCUT2D eigenvalue weighted by atomic mass is 10.3. The molecule has 72 valence electrons. The molecule has 0 bridgehead atoms. The van der Waals surface area contributed by atoms with E-state index in [9.17, 15) is 4.39 Å². The number of para-hydroxylation sites is 2. The summed E-state index contributed by atoms with van der Waals surface area (Å²) < 4.78 is 17.7. The fraction of sp³-hybridized carbons (Fsp3) is 0.400. The van der Waals surface area contributed by atoms with Crippen LogP contribution in [-0.4, -0.2) is 12.8 Å². The Hall–Kier alpha value is -1.25. The van der Waals surface area contributed by atoms with Gasteiger partial charge in [-0.05, 0) is 19.1 Å². The molecule has 1 aromatic rings. The normalized spacial score (nSPS) is 12.5. The van der Waals surface area contributed by atoms with Crippen LogP contribution in [0.3, 0.4) is 0 Å². The fourth-order valence-corrected chi connectivity index (χ4v) is 0.943. The Kier molecular flexibility index (Phi) is 3.55. The van der Waals surface area contributed by atoms with Crippen molar-refractivity contribution in [3.8, 4) is 5.75 Å². The summed E-state index contributed by atoms with van der Waals surface area (Å²) in [7, 11) is 0. The average molecular weight is 183 g/mol. The molecule has 0 saturated carbocycles. The summed E-state index contributed by atoms with van der Waals surface area (Å²) in [4.78, 5) is 0. The molecule has 0 radical (unpaired) electrons. The molecule has 0 fully saturated rings. The monoisotopic (exact) mass is 183 g/mol. The van der Waals surface area contributed by atoms with Crippen molar-refractivity contribution in [1.29, 1.82) is 0 Å². The third-order valence-electron chi connectivity index (χ3n) is 1.69. The highest BCUT2D eigenvalue weighted by atomic mass is 19.1. The third kappa shape index (κ3) is 3.32. The second kappa shape index (κ2) is 4.70. The fourth-order valence-electron chi connectivity index (χ4n) is 0.943. The van der Waals surface area contributed by atoms with Crippen LogP contribution < -0.4 is 10.5 Å². The summed E-state index contributed by atoms with van der Waals surface area (Å²) in [6.07, 6.45) is -0.432. The Labute approximate surface area is 77.5 Å². The second-order valence-corrected chi connectivity index (χ2v) is 2.96. The molecule has 1 rings (SSSR count). The number of rotatable bonds is 4. The SMILES string of the molecule is C[C@@H](F)CCOc1ccccc1N. The molecule has 1 atom stereocenters. The minimum absolute atomic E-state index is 0.367. The minimum atomic E-state index is -0.829. The van der Waals surface area contributed by atoms with Crippen LogP contribution in [0.15, 0.2) is 24.3 Å². The third-order valence-corrected chi connectivity index (χ3v) is 1.69. The van der Waals surface area contributed by atoms with Gasteiger partial charge in [0.05, 0.1) is 12.3 Å². The lowest BCUT2D eigenvalue weighted by Crippen LogP contribution is -2.05. The van der Waals surface area contributed by atoms with Crippen LogP contribution in [0.4, 0.5) is 10.1 Å². The Morgan fingerprint density at radius 2 is 2.15 bits per heavy atom. The molecule has 13 heavy (non-hydrogen) atoms. The van der Waals surface area contributed by atoms with Gasteiger partial charge in [0.25, 0.3) is 0 Å². The molecular formula is C10H14FNO. The Bertz CT molecular complexity index is 263. The summed E-state index contributed by atoms with van der Waals surface area (Å²) in [5.74, 6) is 0.628. The van der Waals surface area contributed by atoms with Gasteiger partial charge in [-0.3, -0.25) is 0 Å². The van der Waals surface area contributed by atoms with Crippen molar-refractivity contribution in [2.75, 3.05) is 12.3 Å². The van der Waals surface area contributed by atoms with Crippen LogP contribution in [0.2, 0.25) is 0 Å². The van der Waals surface area contributed by atoms with E-state index in [0.717, 1.165) is 0 Å². The molecule has 0 amide bonds. The molecule has 2 nitrogen and oxygen atoms in total. The van der Waals surface area contributed by atoms with Crippen molar-refractivity contribution in [3.63, 3.8) is 0 Å². The molecule has 0 spiro atoms. The Morgan fingerprint density at radius 1 is 1.46 bits per heavy atom. The Balaban J connectivity index is 2.41. The maximum absolute atomic E-state index is 12.4. The summed E-state index contributed by atoms with van der Waals surface area (Å²) in [6.45, 7) is 1.88. The van der Waals surface area contributed by atoms with Gasteiger partial charge in [-0.2, -0.15) is 0 Å². The first-order valence-corrected chi connectivity index (χ1v) is 4.31. The molecule has 0 aromatic heterocycles. The number of hydrogen-bond acceptors (Lipinski definition) is 2. The van der Waals surface area contributed by atoms with Crippen molar-refractivity contribution in [3.05, 3.63) is 24.3 Å². The number of hydrogen-bond donors (Lipinski definition) is 1. The van der Waals surface area contributed by atoms with Gasteiger partial charge in [0.15, 0.2) is 0 Å². The number of nitrogens with two attached hydrogens (primary N) is 1. The predicted molar refractivity (Wildman–Crippen MR) is 51.5 cm³/mol. The van der Waals surface area contributed by atoms with Crippen LogP contribution >= 0.6 is 0 Å². The standard InChI is InChI=1S/C10H14FNO/c1-8(11)6-7-13-10-5-3-2-4-9(10)12/h2-5,8H,6-7,12H2,1H3/t8-/m1/s1. The summed E-state index contributed by atoms with van der Waals surface area (Å²) >= 11 is 0. The molecule has 0 saturated heterocycles. The lowest BCUT2D eigenvalue weighted by molar-refractivity contribution is 0.248. The van der Waals surface area contributed by atoms with Crippen molar-refractivity contribution in [2.45, 2.75) is 19.5 Å². The Morgan fingerprint density at radius 3 is 2.77 bits per heavy atom. The first kappa shape index (κ1) is 9.84. The first-order valence-electron chi connectivity index (χ1n) is 4.31. The molecule has 0 unspecified atom stereocenters. The van der Waals surface area contributed by atoms with Crippen molar-refractivity contribution < 1.29 is 9.13 Å². The molecule has 1 aromatic carbocycles. The zero-order valence-corrected chi connectivity index (χ0v) is 7.66. The molecule has 0 heterocycles. The zero-order valence-electron chi connectivity index (χ0n) is 7.66. The molecular weight excluding hydrogens is 169 g/mol. The number of alkyl halides is 1. The highest BCUT2D eigenvalue weighted by Gasteiger charge is 2.00. The number of ether oxygens (including phenoxy) is 1. The summed E-state index contributed by atoms with van der Waals surface area (Å²) in [5, 5.41) is 0. The van der Waals surface area contributed by atoms with E-state index in [-0.39, 0.29) is 0 Å². The maximum Gasteiger partial charge on any atom is 0.142 e. The number of halogens is 1. The van der Waals surface area contributed by atoms with Crippen LogP contribution in [0.5, 0.6) is 5.75 Å². The van der Waals surface area contributed by atoms with Crippen molar-refractivity contribution in [1.82, 2.24) is 0 Å². The van der Waals surface area contributed by atoms with E-state index in [2.05, 4.69) is 0 Å². The highest BCUT2D eigenvalue weighted by molar-refractivity contribution is 5.51. The molecule has 2 N–H and O–H groups in total. The summed E-state index contributed by atoms with van der Waals surface area (Å²) in [5.41, 5.74) is 6.21. The van der Waals surface area contributed by atoms with Gasteiger partial charge >= 0.3 is 0 Å². The van der Waals surface area contributed by atoms with Crippen LogP contribution in [0, 0.1) is 0 Å². The smallest absolute Gasteiger partial charge is 0.142 e. The van der Waals surface area contributed by atoms with Gasteiger partial charge < -0.3 is 10.5 Å². The van der Waals surface area contributed by atoms with Gasteiger partial charge in [-0.15, -0.1) is 0 Å². The maximum atomic E-state index is 12.4. The number of benzene rings is 1. The molecule has 0 aliphatic rings. The predicted octanol–water partition coefficient (Wildman–Crippen LogP) is 2.40. The molecule has 3 heteroatoms. The number of nitrogen functional groups attached to an aromatic ring is 1. The van der Waals surface area contributed by atoms with Gasteiger partial charge in [-0.1, -0.05) is 12.1 Å². The largest absolute Gasteiger partial charge is 0.491 e. The van der Waals surface area contributed by atoms with Crippen molar-refractivity contribution >= 4 is 5.69 Å².